The lowest BCUT2D eigenvalue weighted by atomic mass is 9.93. The second-order valence-electron chi connectivity index (χ2n) is 8.29. The van der Waals surface area contributed by atoms with Gasteiger partial charge in [0.15, 0.2) is 0 Å². The molecule has 1 N–H and O–H groups in total. The number of aromatic nitrogens is 2. The van der Waals surface area contributed by atoms with Crippen molar-refractivity contribution >= 4 is 12.4 Å². The van der Waals surface area contributed by atoms with E-state index < -0.39 is 0 Å². The molecule has 4 nitrogen and oxygen atoms in total. The van der Waals surface area contributed by atoms with E-state index in [2.05, 4.69) is 64.2 Å². The molecule has 1 spiro atoms. The zero-order valence-electron chi connectivity index (χ0n) is 16.7. The molecule has 4 rings (SSSR count). The lowest BCUT2D eigenvalue weighted by Gasteiger charge is -2.29. The van der Waals surface area contributed by atoms with E-state index >= 15 is 0 Å². The molecule has 2 fully saturated rings. The first-order valence-electron chi connectivity index (χ1n) is 10.1. The third kappa shape index (κ3) is 4.56. The van der Waals surface area contributed by atoms with Crippen molar-refractivity contribution in [2.75, 3.05) is 19.6 Å². The molecule has 27 heavy (non-hydrogen) atoms. The summed E-state index contributed by atoms with van der Waals surface area (Å²) in [5, 5.41) is 3.53. The van der Waals surface area contributed by atoms with Gasteiger partial charge in [0, 0.05) is 25.5 Å². The maximum absolute atomic E-state index is 4.59. The quantitative estimate of drug-likeness (QED) is 0.784. The molecule has 2 heterocycles. The fraction of sp³-hybridized carbons (Fsp3) is 0.591. The van der Waals surface area contributed by atoms with E-state index in [4.69, 9.17) is 0 Å². The first-order chi connectivity index (χ1) is 12.7. The van der Waals surface area contributed by atoms with E-state index in [0.717, 1.165) is 12.6 Å². The third-order valence-corrected chi connectivity index (χ3v) is 6.60. The minimum Gasteiger partial charge on any atom is -0.337 e. The fourth-order valence-electron chi connectivity index (χ4n) is 4.74. The number of nitrogens with zero attached hydrogens (tertiary/aromatic N) is 3. The second kappa shape index (κ2) is 8.76. The first kappa shape index (κ1) is 20.4. The Hall–Kier alpha value is -1.36. The van der Waals surface area contributed by atoms with Gasteiger partial charge in [0.1, 0.15) is 5.82 Å². The molecule has 5 heteroatoms. The lowest BCUT2D eigenvalue weighted by Crippen LogP contribution is -2.37. The van der Waals surface area contributed by atoms with Crippen LogP contribution in [0, 0.1) is 12.3 Å². The molecule has 1 atom stereocenters. The molecule has 0 radical (unpaired) electrons. The molecule has 1 aliphatic heterocycles. The molecule has 2 aromatic rings. The van der Waals surface area contributed by atoms with Gasteiger partial charge in [-0.25, -0.2) is 4.98 Å². The summed E-state index contributed by atoms with van der Waals surface area (Å²) in [6, 6.07) is 9.56. The molecule has 148 valence electrons. The molecular weight excluding hydrogens is 356 g/mol. The number of halogens is 1. The van der Waals surface area contributed by atoms with Gasteiger partial charge in [-0.1, -0.05) is 24.3 Å². The van der Waals surface area contributed by atoms with Gasteiger partial charge in [-0.3, -0.25) is 4.90 Å². The summed E-state index contributed by atoms with van der Waals surface area (Å²) >= 11 is 0. The van der Waals surface area contributed by atoms with Crippen LogP contribution in [0.1, 0.15) is 42.6 Å². The Morgan fingerprint density at radius 2 is 2.04 bits per heavy atom. The Balaban J connectivity index is 0.00000210. The summed E-state index contributed by atoms with van der Waals surface area (Å²) in [6.07, 6.45) is 10.4. The Kier molecular flexibility index (Phi) is 6.61. The maximum Gasteiger partial charge on any atom is 0.122 e. The average molecular weight is 389 g/mol. The standard InChI is InChI=1S/C22H32N4.ClH/c1-18-6-3-4-7-19(18)8-5-14-26(17-21-24-13-15-25(21)2)20-16-22(20)9-11-23-12-10-22;/h3-4,6-7,13,15,20,23H,5,8-12,14,16-17H2,1-2H3;1H. The largest absolute Gasteiger partial charge is 0.337 e. The van der Waals surface area contributed by atoms with Gasteiger partial charge in [-0.05, 0) is 75.2 Å². The highest BCUT2D eigenvalue weighted by Crippen LogP contribution is 2.56. The van der Waals surface area contributed by atoms with Gasteiger partial charge >= 0.3 is 0 Å². The number of hydrogen-bond acceptors (Lipinski definition) is 3. The molecule has 1 aromatic heterocycles. The summed E-state index contributed by atoms with van der Waals surface area (Å²) in [6.45, 7) is 6.76. The van der Waals surface area contributed by atoms with Crippen LogP contribution < -0.4 is 5.32 Å². The van der Waals surface area contributed by atoms with Crippen molar-refractivity contribution in [3.63, 3.8) is 0 Å². The Labute approximate surface area is 169 Å². The van der Waals surface area contributed by atoms with Crippen molar-refractivity contribution in [1.82, 2.24) is 19.8 Å². The Morgan fingerprint density at radius 3 is 2.74 bits per heavy atom. The van der Waals surface area contributed by atoms with Gasteiger partial charge in [0.25, 0.3) is 0 Å². The van der Waals surface area contributed by atoms with Crippen molar-refractivity contribution in [2.24, 2.45) is 12.5 Å². The van der Waals surface area contributed by atoms with Crippen molar-refractivity contribution in [3.8, 4) is 0 Å². The summed E-state index contributed by atoms with van der Waals surface area (Å²) in [7, 11) is 2.11. The zero-order valence-corrected chi connectivity index (χ0v) is 17.5. The average Bonchev–Trinajstić information content (AvgIpc) is 3.17. The van der Waals surface area contributed by atoms with E-state index in [1.165, 1.54) is 68.7 Å². The second-order valence-corrected chi connectivity index (χ2v) is 8.29. The van der Waals surface area contributed by atoms with Crippen LogP contribution in [0.25, 0.3) is 0 Å². The smallest absolute Gasteiger partial charge is 0.122 e. The fourth-order valence-corrected chi connectivity index (χ4v) is 4.74. The molecule has 1 unspecified atom stereocenters. The van der Waals surface area contributed by atoms with Gasteiger partial charge < -0.3 is 9.88 Å². The van der Waals surface area contributed by atoms with Crippen molar-refractivity contribution < 1.29 is 0 Å². The number of benzene rings is 1. The SMILES string of the molecule is Cc1ccccc1CCCN(Cc1nccn1C)C1CC12CCNCC2.Cl. The van der Waals surface area contributed by atoms with Gasteiger partial charge in [-0.15, -0.1) is 12.4 Å². The van der Waals surface area contributed by atoms with Crippen molar-refractivity contribution in [3.05, 3.63) is 53.6 Å². The number of hydrogen-bond donors (Lipinski definition) is 1. The molecule has 2 aliphatic rings. The molecule has 0 bridgehead atoms. The Morgan fingerprint density at radius 1 is 1.26 bits per heavy atom. The highest BCUT2D eigenvalue weighted by atomic mass is 35.5. The number of piperidine rings is 1. The van der Waals surface area contributed by atoms with Crippen molar-refractivity contribution in [2.45, 2.75) is 51.6 Å². The van der Waals surface area contributed by atoms with Gasteiger partial charge in [0.05, 0.1) is 6.54 Å². The van der Waals surface area contributed by atoms with Crippen LogP contribution in [-0.2, 0) is 20.0 Å². The zero-order chi connectivity index (χ0) is 18.0. The van der Waals surface area contributed by atoms with E-state index in [1.54, 1.807) is 0 Å². The van der Waals surface area contributed by atoms with Crippen LogP contribution in [0.3, 0.4) is 0 Å². The minimum absolute atomic E-state index is 0. The Bertz CT molecular complexity index is 735. The number of nitrogens with one attached hydrogen (secondary N) is 1. The predicted octanol–water partition coefficient (Wildman–Crippen LogP) is 3.73. The van der Waals surface area contributed by atoms with Crippen LogP contribution >= 0.6 is 12.4 Å². The highest BCUT2D eigenvalue weighted by molar-refractivity contribution is 5.85. The van der Waals surface area contributed by atoms with Crippen molar-refractivity contribution in [1.29, 1.82) is 0 Å². The molecular formula is C22H33ClN4. The number of imidazole rings is 1. The molecule has 1 aromatic carbocycles. The van der Waals surface area contributed by atoms with Gasteiger partial charge in [0.2, 0.25) is 0 Å². The molecule has 1 saturated heterocycles. The first-order valence-corrected chi connectivity index (χ1v) is 10.1. The van der Waals surface area contributed by atoms with Crippen LogP contribution in [-0.4, -0.2) is 40.1 Å². The highest BCUT2D eigenvalue weighted by Gasteiger charge is 2.56. The summed E-state index contributed by atoms with van der Waals surface area (Å²) in [5.74, 6) is 1.19. The monoisotopic (exact) mass is 388 g/mol. The number of aryl methyl sites for hydroxylation is 3. The predicted molar refractivity (Wildman–Crippen MR) is 113 cm³/mol. The summed E-state index contributed by atoms with van der Waals surface area (Å²) in [4.78, 5) is 7.32. The summed E-state index contributed by atoms with van der Waals surface area (Å²) < 4.78 is 2.17. The van der Waals surface area contributed by atoms with Gasteiger partial charge in [-0.2, -0.15) is 0 Å². The summed E-state index contributed by atoms with van der Waals surface area (Å²) in [5.41, 5.74) is 3.50. The third-order valence-electron chi connectivity index (χ3n) is 6.60. The lowest BCUT2D eigenvalue weighted by molar-refractivity contribution is 0.188. The van der Waals surface area contributed by atoms with Crippen LogP contribution in [0.4, 0.5) is 0 Å². The molecule has 1 saturated carbocycles. The maximum atomic E-state index is 4.59. The van der Waals surface area contributed by atoms with Crippen LogP contribution in [0.5, 0.6) is 0 Å². The molecule has 0 amide bonds. The van der Waals surface area contributed by atoms with Crippen LogP contribution in [0.15, 0.2) is 36.7 Å². The molecule has 1 aliphatic carbocycles. The normalized spacial score (nSPS) is 20.6. The minimum atomic E-state index is 0. The van der Waals surface area contributed by atoms with E-state index in [0.29, 0.717) is 5.41 Å². The van der Waals surface area contributed by atoms with E-state index in [1.807, 2.05) is 6.20 Å². The van der Waals surface area contributed by atoms with Crippen LogP contribution in [0.2, 0.25) is 0 Å². The van der Waals surface area contributed by atoms with E-state index in [-0.39, 0.29) is 12.4 Å². The topological polar surface area (TPSA) is 33.1 Å². The number of rotatable bonds is 7. The van der Waals surface area contributed by atoms with E-state index in [9.17, 15) is 0 Å².